The summed E-state index contributed by atoms with van der Waals surface area (Å²) < 4.78 is 1.77. The highest BCUT2D eigenvalue weighted by Crippen LogP contribution is 2.32. The zero-order valence-electron chi connectivity index (χ0n) is 12.5. The molecule has 0 unspecified atom stereocenters. The molecule has 0 aliphatic carbocycles. The average molecular weight is 341 g/mol. The van der Waals surface area contributed by atoms with Gasteiger partial charge in [-0.1, -0.05) is 35.9 Å². The molecule has 2 heterocycles. The van der Waals surface area contributed by atoms with Crippen molar-refractivity contribution < 1.29 is 9.59 Å². The third-order valence-electron chi connectivity index (χ3n) is 3.97. The average Bonchev–Trinajstić information content (AvgIpc) is 3.06. The van der Waals surface area contributed by atoms with Crippen LogP contribution in [-0.2, 0) is 9.59 Å². The van der Waals surface area contributed by atoms with Crippen LogP contribution in [0.2, 0.25) is 5.02 Å². The minimum Gasteiger partial charge on any atom is -0.325 e. The quantitative estimate of drug-likeness (QED) is 0.768. The molecule has 0 spiro atoms. The smallest absolute Gasteiger partial charge is 0.250 e. The van der Waals surface area contributed by atoms with Gasteiger partial charge in [0.1, 0.15) is 6.04 Å². The summed E-state index contributed by atoms with van der Waals surface area (Å²) >= 11 is 6.05. The molecule has 1 atom stereocenters. The summed E-state index contributed by atoms with van der Waals surface area (Å²) in [7, 11) is 0. The number of carbonyl (C=O) groups excluding carboxylic acids is 2. The van der Waals surface area contributed by atoms with Crippen molar-refractivity contribution in [3.05, 3.63) is 53.6 Å². The molecule has 3 aromatic rings. The van der Waals surface area contributed by atoms with Crippen LogP contribution in [0.1, 0.15) is 12.5 Å². The minimum absolute atomic E-state index is 0.00438. The van der Waals surface area contributed by atoms with E-state index in [0.717, 1.165) is 11.0 Å². The third-order valence-corrected chi connectivity index (χ3v) is 4.30. The van der Waals surface area contributed by atoms with Gasteiger partial charge in [0, 0.05) is 0 Å². The lowest BCUT2D eigenvalue weighted by Gasteiger charge is -2.12. The fourth-order valence-corrected chi connectivity index (χ4v) is 3.07. The highest BCUT2D eigenvalue weighted by Gasteiger charge is 2.34. The van der Waals surface area contributed by atoms with Crippen LogP contribution in [0.15, 0.2) is 48.5 Å². The third kappa shape index (κ3) is 2.41. The normalized spacial score (nSPS) is 16.0. The Morgan fingerprint density at radius 3 is 2.79 bits per heavy atom. The van der Waals surface area contributed by atoms with Gasteiger partial charge in [0.2, 0.25) is 17.8 Å². The fraction of sp³-hybridized carbons (Fsp3) is 0.118. The van der Waals surface area contributed by atoms with Gasteiger partial charge in [0.25, 0.3) is 0 Å². The molecule has 1 aliphatic heterocycles. The molecule has 4 rings (SSSR count). The maximum atomic E-state index is 12.4. The van der Waals surface area contributed by atoms with E-state index in [1.807, 2.05) is 24.3 Å². The highest BCUT2D eigenvalue weighted by molar-refractivity contribution is 6.33. The van der Waals surface area contributed by atoms with E-state index in [-0.39, 0.29) is 18.2 Å². The number of fused-ring (bicyclic) bond motifs is 3. The molecule has 0 radical (unpaired) electrons. The predicted octanol–water partition coefficient (Wildman–Crippen LogP) is 3.21. The fourth-order valence-electron chi connectivity index (χ4n) is 2.88. The van der Waals surface area contributed by atoms with Crippen molar-refractivity contribution in [1.29, 1.82) is 0 Å². The molecule has 1 aromatic heterocycles. The Labute approximate surface area is 142 Å². The Kier molecular flexibility index (Phi) is 3.46. The van der Waals surface area contributed by atoms with E-state index in [4.69, 9.17) is 11.6 Å². The van der Waals surface area contributed by atoms with Crippen LogP contribution in [-0.4, -0.2) is 21.4 Å². The van der Waals surface area contributed by atoms with Gasteiger partial charge in [0.15, 0.2) is 0 Å². The number of aromatic nitrogens is 2. The summed E-state index contributed by atoms with van der Waals surface area (Å²) in [6.07, 6.45) is 0.00438. The number of nitrogens with zero attached hydrogens (tertiary/aromatic N) is 2. The number of carbonyl (C=O) groups is 2. The summed E-state index contributed by atoms with van der Waals surface area (Å²) in [4.78, 5) is 28.9. The van der Waals surface area contributed by atoms with Gasteiger partial charge in [-0.25, -0.2) is 4.98 Å². The molecule has 120 valence electrons. The van der Waals surface area contributed by atoms with Gasteiger partial charge in [-0.15, -0.1) is 0 Å². The SMILES string of the molecule is O=C(C[C@H]1C(=O)Nc2nc3ccccc3n21)Nc1ccccc1Cl. The number of imidazole rings is 1. The Balaban J connectivity index is 1.60. The Morgan fingerprint density at radius 2 is 1.96 bits per heavy atom. The lowest BCUT2D eigenvalue weighted by Crippen LogP contribution is -2.23. The largest absolute Gasteiger partial charge is 0.325 e. The van der Waals surface area contributed by atoms with Gasteiger partial charge in [-0.05, 0) is 24.3 Å². The topological polar surface area (TPSA) is 76.0 Å². The second-order valence-electron chi connectivity index (χ2n) is 5.53. The maximum absolute atomic E-state index is 12.4. The number of benzene rings is 2. The molecule has 0 bridgehead atoms. The molecular weight excluding hydrogens is 328 g/mol. The molecule has 6 nitrogen and oxygen atoms in total. The van der Waals surface area contributed by atoms with Gasteiger partial charge in [-0.3, -0.25) is 19.5 Å². The first kappa shape index (κ1) is 14.7. The lowest BCUT2D eigenvalue weighted by atomic mass is 10.1. The van der Waals surface area contributed by atoms with E-state index in [2.05, 4.69) is 15.6 Å². The van der Waals surface area contributed by atoms with Gasteiger partial charge in [0.05, 0.1) is 28.2 Å². The van der Waals surface area contributed by atoms with Crippen LogP contribution in [0.5, 0.6) is 0 Å². The van der Waals surface area contributed by atoms with Crippen molar-refractivity contribution in [3.8, 4) is 0 Å². The van der Waals surface area contributed by atoms with Gasteiger partial charge >= 0.3 is 0 Å². The maximum Gasteiger partial charge on any atom is 0.250 e. The standard InChI is InChI=1S/C17H13ClN4O2/c18-10-5-1-2-6-11(10)19-15(23)9-14-16(24)21-17-20-12-7-3-4-8-13(12)22(14)17/h1-8,14H,9H2,(H,19,23)(H,20,21,24)/t14-/m0/s1. The number of nitrogens with one attached hydrogen (secondary N) is 2. The molecule has 2 N–H and O–H groups in total. The number of rotatable bonds is 3. The molecule has 2 amide bonds. The monoisotopic (exact) mass is 340 g/mol. The zero-order valence-corrected chi connectivity index (χ0v) is 13.2. The number of amides is 2. The molecule has 24 heavy (non-hydrogen) atoms. The number of anilines is 2. The van der Waals surface area contributed by atoms with Crippen molar-refractivity contribution in [2.75, 3.05) is 10.6 Å². The minimum atomic E-state index is -0.630. The first-order valence-electron chi connectivity index (χ1n) is 7.46. The summed E-state index contributed by atoms with van der Waals surface area (Å²) in [5, 5.41) is 5.92. The molecular formula is C17H13ClN4O2. The van der Waals surface area contributed by atoms with Crippen LogP contribution >= 0.6 is 11.6 Å². The molecule has 0 fully saturated rings. The van der Waals surface area contributed by atoms with Crippen LogP contribution < -0.4 is 10.6 Å². The van der Waals surface area contributed by atoms with E-state index in [1.165, 1.54) is 0 Å². The number of halogens is 1. The van der Waals surface area contributed by atoms with Crippen molar-refractivity contribution in [2.24, 2.45) is 0 Å². The highest BCUT2D eigenvalue weighted by atomic mass is 35.5. The van der Waals surface area contributed by atoms with Crippen LogP contribution in [0.4, 0.5) is 11.6 Å². The van der Waals surface area contributed by atoms with Crippen molar-refractivity contribution in [1.82, 2.24) is 9.55 Å². The zero-order chi connectivity index (χ0) is 16.7. The lowest BCUT2D eigenvalue weighted by molar-refractivity contribution is -0.123. The summed E-state index contributed by atoms with van der Waals surface area (Å²) in [5.74, 6) is -0.0526. The molecule has 2 aromatic carbocycles. The van der Waals surface area contributed by atoms with E-state index >= 15 is 0 Å². The van der Waals surface area contributed by atoms with Crippen molar-refractivity contribution in [2.45, 2.75) is 12.5 Å². The number of para-hydroxylation sites is 3. The predicted molar refractivity (Wildman–Crippen MR) is 92.1 cm³/mol. The van der Waals surface area contributed by atoms with E-state index in [1.54, 1.807) is 28.8 Å². The first-order valence-corrected chi connectivity index (χ1v) is 7.83. The number of hydrogen-bond donors (Lipinski definition) is 2. The number of hydrogen-bond acceptors (Lipinski definition) is 3. The van der Waals surface area contributed by atoms with Crippen LogP contribution in [0, 0.1) is 0 Å². The van der Waals surface area contributed by atoms with Gasteiger partial charge in [-0.2, -0.15) is 0 Å². The Bertz CT molecular complexity index is 966. The van der Waals surface area contributed by atoms with Crippen molar-refractivity contribution >= 4 is 46.1 Å². The van der Waals surface area contributed by atoms with Crippen LogP contribution in [0.25, 0.3) is 11.0 Å². The summed E-state index contributed by atoms with van der Waals surface area (Å²) in [6.45, 7) is 0. The van der Waals surface area contributed by atoms with E-state index in [9.17, 15) is 9.59 Å². The second kappa shape index (κ2) is 5.65. The summed E-state index contributed by atoms with van der Waals surface area (Å²) in [5.41, 5.74) is 2.13. The molecule has 7 heteroatoms. The van der Waals surface area contributed by atoms with E-state index < -0.39 is 6.04 Å². The Hall–Kier alpha value is -2.86. The Morgan fingerprint density at radius 1 is 1.21 bits per heavy atom. The van der Waals surface area contributed by atoms with E-state index in [0.29, 0.717) is 16.7 Å². The second-order valence-corrected chi connectivity index (χ2v) is 5.94. The van der Waals surface area contributed by atoms with Crippen molar-refractivity contribution in [3.63, 3.8) is 0 Å². The molecule has 0 saturated carbocycles. The molecule has 1 aliphatic rings. The molecule has 0 saturated heterocycles. The van der Waals surface area contributed by atoms with Crippen LogP contribution in [0.3, 0.4) is 0 Å². The van der Waals surface area contributed by atoms with Gasteiger partial charge < -0.3 is 5.32 Å². The first-order chi connectivity index (χ1) is 11.6. The summed E-state index contributed by atoms with van der Waals surface area (Å²) in [6, 6.07) is 13.9.